The summed E-state index contributed by atoms with van der Waals surface area (Å²) in [5.74, 6) is 1.27. The van der Waals surface area contributed by atoms with Gasteiger partial charge in [0.1, 0.15) is 0 Å². The number of hydrogen-bond acceptors (Lipinski definition) is 3. The first-order valence-electron chi connectivity index (χ1n) is 9.49. The number of unbranched alkanes of at least 4 members (excludes halogenated alkanes) is 1. The zero-order valence-corrected chi connectivity index (χ0v) is 16.7. The molecule has 0 aromatic heterocycles. The maximum atomic E-state index is 12.2. The molecule has 1 N–H and O–H groups in total. The Kier molecular flexibility index (Phi) is 7.93. The lowest BCUT2D eigenvalue weighted by atomic mass is 10.1. The molecule has 1 amide bonds. The van der Waals surface area contributed by atoms with Crippen LogP contribution in [0.2, 0.25) is 0 Å². The molecule has 0 aliphatic rings. The highest BCUT2D eigenvalue weighted by Crippen LogP contribution is 2.29. The number of hydrogen-bond donors (Lipinski definition) is 1. The number of amides is 1. The molecule has 0 heterocycles. The summed E-state index contributed by atoms with van der Waals surface area (Å²) in [6.45, 7) is 9.32. The van der Waals surface area contributed by atoms with Crippen LogP contribution in [0.5, 0.6) is 11.5 Å². The number of carbonyl (C=O) groups excluding carboxylic acids is 1. The molecule has 144 valence electrons. The molecule has 0 radical (unpaired) electrons. The van der Waals surface area contributed by atoms with Crippen molar-refractivity contribution in [2.24, 2.45) is 0 Å². The van der Waals surface area contributed by atoms with E-state index in [0.717, 1.165) is 35.4 Å². The highest BCUT2D eigenvalue weighted by molar-refractivity contribution is 6.02. The fourth-order valence-electron chi connectivity index (χ4n) is 2.64. The average molecular weight is 367 g/mol. The van der Waals surface area contributed by atoms with Gasteiger partial charge < -0.3 is 14.8 Å². The minimum Gasteiger partial charge on any atom is -0.490 e. The molecular weight excluding hydrogens is 338 g/mol. The number of rotatable bonds is 9. The number of ether oxygens (including phenoxy) is 2. The van der Waals surface area contributed by atoms with Crippen molar-refractivity contribution >= 4 is 17.7 Å². The van der Waals surface area contributed by atoms with Gasteiger partial charge in [0, 0.05) is 11.8 Å². The predicted molar refractivity (Wildman–Crippen MR) is 112 cm³/mol. The molecule has 0 unspecified atom stereocenters. The van der Waals surface area contributed by atoms with Gasteiger partial charge in [-0.15, -0.1) is 0 Å². The van der Waals surface area contributed by atoms with Crippen molar-refractivity contribution in [3.63, 3.8) is 0 Å². The minimum absolute atomic E-state index is 0.164. The Morgan fingerprint density at radius 2 is 1.85 bits per heavy atom. The maximum Gasteiger partial charge on any atom is 0.248 e. The van der Waals surface area contributed by atoms with E-state index in [9.17, 15) is 4.79 Å². The summed E-state index contributed by atoms with van der Waals surface area (Å²) >= 11 is 0. The fourth-order valence-corrected chi connectivity index (χ4v) is 2.64. The molecule has 2 aromatic rings. The Morgan fingerprint density at radius 3 is 2.56 bits per heavy atom. The summed E-state index contributed by atoms with van der Waals surface area (Å²) in [6, 6.07) is 11.7. The van der Waals surface area contributed by atoms with E-state index in [1.807, 2.05) is 57.2 Å². The SMILES string of the molecule is CCCCOc1ccc(/C=C/C(=O)Nc2ccc(C)cc2C)cc1OCC. The summed E-state index contributed by atoms with van der Waals surface area (Å²) < 4.78 is 11.5. The summed E-state index contributed by atoms with van der Waals surface area (Å²) in [6.07, 6.45) is 5.39. The molecule has 27 heavy (non-hydrogen) atoms. The van der Waals surface area contributed by atoms with Crippen LogP contribution in [0.1, 0.15) is 43.4 Å². The van der Waals surface area contributed by atoms with Gasteiger partial charge in [-0.3, -0.25) is 4.79 Å². The third-order valence-electron chi connectivity index (χ3n) is 4.09. The van der Waals surface area contributed by atoms with E-state index < -0.39 is 0 Å². The second kappa shape index (κ2) is 10.4. The van der Waals surface area contributed by atoms with Gasteiger partial charge in [-0.25, -0.2) is 0 Å². The summed E-state index contributed by atoms with van der Waals surface area (Å²) in [7, 11) is 0. The summed E-state index contributed by atoms with van der Waals surface area (Å²) in [5, 5.41) is 2.91. The normalized spacial score (nSPS) is 10.8. The third-order valence-corrected chi connectivity index (χ3v) is 4.09. The van der Waals surface area contributed by atoms with Gasteiger partial charge >= 0.3 is 0 Å². The molecule has 2 rings (SSSR count). The van der Waals surface area contributed by atoms with Crippen LogP contribution in [0, 0.1) is 13.8 Å². The van der Waals surface area contributed by atoms with Crippen LogP contribution in [-0.4, -0.2) is 19.1 Å². The van der Waals surface area contributed by atoms with Gasteiger partial charge in [-0.05, 0) is 62.6 Å². The third kappa shape index (κ3) is 6.48. The molecule has 2 aromatic carbocycles. The van der Waals surface area contributed by atoms with Crippen LogP contribution in [0.3, 0.4) is 0 Å². The van der Waals surface area contributed by atoms with Crippen molar-refractivity contribution in [3.05, 3.63) is 59.2 Å². The Bertz CT molecular complexity index is 796. The molecule has 0 atom stereocenters. The largest absolute Gasteiger partial charge is 0.490 e. The Labute approximate surface area is 162 Å². The molecule has 0 bridgehead atoms. The van der Waals surface area contributed by atoms with Crippen LogP contribution >= 0.6 is 0 Å². The molecule has 0 aliphatic heterocycles. The number of carbonyl (C=O) groups is 1. The zero-order chi connectivity index (χ0) is 19.6. The van der Waals surface area contributed by atoms with Crippen molar-refractivity contribution in [1.82, 2.24) is 0 Å². The van der Waals surface area contributed by atoms with Crippen LogP contribution < -0.4 is 14.8 Å². The van der Waals surface area contributed by atoms with Gasteiger partial charge in [0.05, 0.1) is 13.2 Å². The van der Waals surface area contributed by atoms with E-state index in [0.29, 0.717) is 19.0 Å². The van der Waals surface area contributed by atoms with Crippen LogP contribution in [0.15, 0.2) is 42.5 Å². The molecule has 0 saturated carbocycles. The number of benzene rings is 2. The number of anilines is 1. The van der Waals surface area contributed by atoms with E-state index in [2.05, 4.69) is 12.2 Å². The smallest absolute Gasteiger partial charge is 0.248 e. The predicted octanol–water partition coefficient (Wildman–Crippen LogP) is 5.53. The van der Waals surface area contributed by atoms with E-state index >= 15 is 0 Å². The zero-order valence-electron chi connectivity index (χ0n) is 16.7. The highest BCUT2D eigenvalue weighted by Gasteiger charge is 2.06. The van der Waals surface area contributed by atoms with Gasteiger partial charge in [0.15, 0.2) is 11.5 Å². The molecule has 4 heteroatoms. The maximum absolute atomic E-state index is 12.2. The monoisotopic (exact) mass is 367 g/mol. The second-order valence-electron chi connectivity index (χ2n) is 6.48. The van der Waals surface area contributed by atoms with Crippen molar-refractivity contribution < 1.29 is 14.3 Å². The van der Waals surface area contributed by atoms with Gasteiger partial charge in [0.25, 0.3) is 0 Å². The van der Waals surface area contributed by atoms with Crippen molar-refractivity contribution in [1.29, 1.82) is 0 Å². The second-order valence-corrected chi connectivity index (χ2v) is 6.48. The van der Waals surface area contributed by atoms with E-state index in [-0.39, 0.29) is 5.91 Å². The minimum atomic E-state index is -0.164. The van der Waals surface area contributed by atoms with Gasteiger partial charge in [-0.1, -0.05) is 37.1 Å². The fraction of sp³-hybridized carbons (Fsp3) is 0.348. The van der Waals surface area contributed by atoms with Crippen molar-refractivity contribution in [2.75, 3.05) is 18.5 Å². The first-order valence-corrected chi connectivity index (χ1v) is 9.49. The van der Waals surface area contributed by atoms with Crippen molar-refractivity contribution in [2.45, 2.75) is 40.5 Å². The van der Waals surface area contributed by atoms with E-state index in [1.54, 1.807) is 6.08 Å². The first-order chi connectivity index (χ1) is 13.0. The van der Waals surface area contributed by atoms with Gasteiger partial charge in [0.2, 0.25) is 5.91 Å². The standard InChI is InChI=1S/C23H29NO3/c1-5-7-14-27-21-12-9-19(16-22(21)26-6-2)10-13-23(25)24-20-11-8-17(3)15-18(20)4/h8-13,15-16H,5-7,14H2,1-4H3,(H,24,25)/b13-10+. The molecule has 0 fully saturated rings. The molecule has 0 saturated heterocycles. The lowest BCUT2D eigenvalue weighted by Crippen LogP contribution is -2.09. The number of aryl methyl sites for hydroxylation is 2. The Balaban J connectivity index is 2.06. The van der Waals surface area contributed by atoms with E-state index in [4.69, 9.17) is 9.47 Å². The summed E-state index contributed by atoms with van der Waals surface area (Å²) in [4.78, 5) is 12.2. The highest BCUT2D eigenvalue weighted by atomic mass is 16.5. The van der Waals surface area contributed by atoms with Crippen LogP contribution in [-0.2, 0) is 4.79 Å². The molecule has 0 aliphatic carbocycles. The van der Waals surface area contributed by atoms with Gasteiger partial charge in [-0.2, -0.15) is 0 Å². The van der Waals surface area contributed by atoms with Crippen LogP contribution in [0.4, 0.5) is 5.69 Å². The Morgan fingerprint density at radius 1 is 1.04 bits per heavy atom. The molecule has 0 spiro atoms. The topological polar surface area (TPSA) is 47.6 Å². The average Bonchev–Trinajstić information content (AvgIpc) is 2.64. The lowest BCUT2D eigenvalue weighted by Gasteiger charge is -2.12. The number of nitrogens with one attached hydrogen (secondary N) is 1. The molecule has 4 nitrogen and oxygen atoms in total. The summed E-state index contributed by atoms with van der Waals surface area (Å²) in [5.41, 5.74) is 3.93. The van der Waals surface area contributed by atoms with Crippen LogP contribution in [0.25, 0.3) is 6.08 Å². The quantitative estimate of drug-likeness (QED) is 0.468. The van der Waals surface area contributed by atoms with Crippen molar-refractivity contribution in [3.8, 4) is 11.5 Å². The first kappa shape index (κ1) is 20.6. The lowest BCUT2D eigenvalue weighted by molar-refractivity contribution is -0.111. The molecular formula is C23H29NO3. The van der Waals surface area contributed by atoms with E-state index in [1.165, 1.54) is 11.6 Å². The Hall–Kier alpha value is -2.75.